The number of carbonyl (C=O) groups is 1. The average Bonchev–Trinajstić information content (AvgIpc) is 3.17. The fourth-order valence-corrected chi connectivity index (χ4v) is 6.63. The molecule has 1 atom stereocenters. The van der Waals surface area contributed by atoms with Crippen molar-refractivity contribution in [3.8, 4) is 9.88 Å². The van der Waals surface area contributed by atoms with Crippen molar-refractivity contribution in [1.29, 1.82) is 0 Å². The zero-order valence-corrected chi connectivity index (χ0v) is 16.2. The Labute approximate surface area is 151 Å². The molecule has 1 fully saturated rings. The topological polar surface area (TPSA) is 76.1 Å². The largest absolute Gasteiger partial charge is 0.355 e. The molecule has 5 nitrogen and oxygen atoms in total. The summed E-state index contributed by atoms with van der Waals surface area (Å²) < 4.78 is 23.8. The number of nitrogens with one attached hydrogen (secondary N) is 1. The van der Waals surface area contributed by atoms with E-state index in [1.165, 1.54) is 11.3 Å². The highest BCUT2D eigenvalue weighted by molar-refractivity contribution is 9.10. The molecule has 0 spiro atoms. The zero-order chi connectivity index (χ0) is 16.4. The van der Waals surface area contributed by atoms with Gasteiger partial charge in [0.25, 0.3) is 0 Å². The molecular formula is C14H15BrN2O3S3. The van der Waals surface area contributed by atoms with Gasteiger partial charge in [0, 0.05) is 21.8 Å². The Morgan fingerprint density at radius 1 is 1.39 bits per heavy atom. The van der Waals surface area contributed by atoms with Crippen molar-refractivity contribution in [2.45, 2.75) is 12.8 Å². The van der Waals surface area contributed by atoms with Gasteiger partial charge in [0.2, 0.25) is 5.91 Å². The summed E-state index contributed by atoms with van der Waals surface area (Å²) >= 11 is 6.54. The van der Waals surface area contributed by atoms with Crippen molar-refractivity contribution in [3.05, 3.63) is 27.0 Å². The number of thiophene rings is 1. The minimum Gasteiger partial charge on any atom is -0.355 e. The van der Waals surface area contributed by atoms with Crippen LogP contribution in [0.3, 0.4) is 0 Å². The minimum absolute atomic E-state index is 0.0402. The van der Waals surface area contributed by atoms with Crippen LogP contribution in [0.4, 0.5) is 0 Å². The second kappa shape index (κ2) is 7.00. The summed E-state index contributed by atoms with van der Waals surface area (Å²) in [5.41, 5.74) is 0.742. The highest BCUT2D eigenvalue weighted by atomic mass is 79.9. The normalized spacial score (nSPS) is 19.8. The molecule has 9 heteroatoms. The maximum absolute atomic E-state index is 12.0. The van der Waals surface area contributed by atoms with Gasteiger partial charge in [-0.05, 0) is 34.3 Å². The molecule has 1 aliphatic rings. The molecule has 0 aromatic carbocycles. The Balaban J connectivity index is 1.51. The number of sulfone groups is 1. The molecule has 3 heterocycles. The summed E-state index contributed by atoms with van der Waals surface area (Å²) in [6.45, 7) is 0.424. The Kier molecular flexibility index (Phi) is 5.19. The van der Waals surface area contributed by atoms with E-state index in [-0.39, 0.29) is 29.8 Å². The van der Waals surface area contributed by atoms with E-state index in [0.717, 1.165) is 20.1 Å². The van der Waals surface area contributed by atoms with Crippen LogP contribution >= 0.6 is 38.6 Å². The quantitative estimate of drug-likeness (QED) is 0.784. The van der Waals surface area contributed by atoms with Crippen LogP contribution < -0.4 is 5.32 Å². The Bertz CT molecular complexity index is 813. The molecule has 1 N–H and O–H groups in total. The molecular weight excluding hydrogens is 420 g/mol. The van der Waals surface area contributed by atoms with E-state index in [0.29, 0.717) is 13.0 Å². The van der Waals surface area contributed by atoms with Gasteiger partial charge in [0.15, 0.2) is 9.84 Å². The summed E-state index contributed by atoms with van der Waals surface area (Å²) in [7, 11) is -2.89. The molecule has 0 radical (unpaired) electrons. The molecule has 1 aliphatic heterocycles. The van der Waals surface area contributed by atoms with Crippen molar-refractivity contribution in [2.24, 2.45) is 5.92 Å². The number of nitrogens with zero attached hydrogens (tertiary/aromatic N) is 1. The molecule has 1 unspecified atom stereocenters. The minimum atomic E-state index is -2.89. The van der Waals surface area contributed by atoms with Crippen LogP contribution in [0.25, 0.3) is 9.88 Å². The van der Waals surface area contributed by atoms with Crippen LogP contribution in [0.1, 0.15) is 12.1 Å². The first-order valence-corrected chi connectivity index (χ1v) is 11.4. The van der Waals surface area contributed by atoms with Crippen LogP contribution in [0.2, 0.25) is 0 Å². The van der Waals surface area contributed by atoms with Crippen LogP contribution in [0, 0.1) is 5.92 Å². The number of halogens is 1. The van der Waals surface area contributed by atoms with E-state index in [9.17, 15) is 13.2 Å². The van der Waals surface area contributed by atoms with E-state index in [1.807, 2.05) is 16.8 Å². The second-order valence-electron chi connectivity index (χ2n) is 5.52. The molecule has 0 saturated carbocycles. The van der Waals surface area contributed by atoms with Gasteiger partial charge in [-0.25, -0.2) is 13.4 Å². The average molecular weight is 435 g/mol. The van der Waals surface area contributed by atoms with Gasteiger partial charge in [0.05, 0.1) is 28.5 Å². The van der Waals surface area contributed by atoms with Gasteiger partial charge >= 0.3 is 0 Å². The second-order valence-corrected chi connectivity index (χ2v) is 10.4. The van der Waals surface area contributed by atoms with E-state index >= 15 is 0 Å². The van der Waals surface area contributed by atoms with Crippen LogP contribution in [-0.4, -0.2) is 37.4 Å². The number of rotatable bonds is 5. The van der Waals surface area contributed by atoms with E-state index in [2.05, 4.69) is 26.2 Å². The molecule has 1 amide bonds. The molecule has 2 aromatic rings. The summed E-state index contributed by atoms with van der Waals surface area (Å²) in [6.07, 6.45) is 0.860. The van der Waals surface area contributed by atoms with Crippen molar-refractivity contribution < 1.29 is 13.2 Å². The Morgan fingerprint density at radius 3 is 2.87 bits per heavy atom. The SMILES string of the molecule is O=C(Cc1csc(-c2cc(Br)cs2)n1)NCC1CCS(=O)(=O)C1. The Hall–Kier alpha value is -0.770. The molecule has 1 saturated heterocycles. The van der Waals surface area contributed by atoms with Gasteiger partial charge in [-0.3, -0.25) is 4.79 Å². The predicted octanol–water partition coefficient (Wildman–Crippen LogP) is 2.73. The lowest BCUT2D eigenvalue weighted by Gasteiger charge is -2.08. The fraction of sp³-hybridized carbons (Fsp3) is 0.429. The van der Waals surface area contributed by atoms with Crippen molar-refractivity contribution in [3.63, 3.8) is 0 Å². The van der Waals surface area contributed by atoms with Gasteiger partial charge in [-0.2, -0.15) is 0 Å². The van der Waals surface area contributed by atoms with E-state index < -0.39 is 9.84 Å². The zero-order valence-electron chi connectivity index (χ0n) is 12.1. The molecule has 0 bridgehead atoms. The maximum atomic E-state index is 12.0. The molecule has 3 rings (SSSR count). The van der Waals surface area contributed by atoms with Gasteiger partial charge < -0.3 is 5.32 Å². The molecule has 2 aromatic heterocycles. The van der Waals surface area contributed by atoms with Crippen molar-refractivity contribution in [2.75, 3.05) is 18.1 Å². The van der Waals surface area contributed by atoms with Crippen LogP contribution in [0.15, 0.2) is 21.3 Å². The summed E-state index contributed by atoms with van der Waals surface area (Å²) in [4.78, 5) is 17.5. The van der Waals surface area contributed by atoms with Gasteiger partial charge in [0.1, 0.15) is 5.01 Å². The summed E-state index contributed by atoms with van der Waals surface area (Å²) in [5, 5.41) is 7.62. The first-order chi connectivity index (χ1) is 10.9. The summed E-state index contributed by atoms with van der Waals surface area (Å²) in [6, 6.07) is 2.01. The summed E-state index contributed by atoms with van der Waals surface area (Å²) in [5.74, 6) is 0.345. The standard InChI is InChI=1S/C14H15BrN2O3S3/c15-10-3-12(21-6-10)14-17-11(7-22-14)4-13(18)16-5-9-1-2-23(19,20)8-9/h3,6-7,9H,1-2,4-5,8H2,(H,16,18). The number of thiazole rings is 1. The highest BCUT2D eigenvalue weighted by Crippen LogP contribution is 2.32. The number of aromatic nitrogens is 1. The van der Waals surface area contributed by atoms with Gasteiger partial charge in [-0.15, -0.1) is 22.7 Å². The van der Waals surface area contributed by atoms with Gasteiger partial charge in [-0.1, -0.05) is 0 Å². The lowest BCUT2D eigenvalue weighted by molar-refractivity contribution is -0.120. The number of amides is 1. The highest BCUT2D eigenvalue weighted by Gasteiger charge is 2.27. The number of hydrogen-bond acceptors (Lipinski definition) is 6. The molecule has 23 heavy (non-hydrogen) atoms. The molecule has 0 aliphatic carbocycles. The Morgan fingerprint density at radius 2 is 2.22 bits per heavy atom. The van der Waals surface area contributed by atoms with Crippen molar-refractivity contribution in [1.82, 2.24) is 10.3 Å². The lowest BCUT2D eigenvalue weighted by atomic mass is 10.1. The monoisotopic (exact) mass is 434 g/mol. The fourth-order valence-electron chi connectivity index (χ4n) is 2.44. The van der Waals surface area contributed by atoms with Crippen molar-refractivity contribution >= 4 is 54.3 Å². The smallest absolute Gasteiger partial charge is 0.226 e. The third kappa shape index (κ3) is 4.62. The third-order valence-electron chi connectivity index (χ3n) is 3.59. The first-order valence-electron chi connectivity index (χ1n) is 7.07. The first kappa shape index (κ1) is 17.1. The molecule has 124 valence electrons. The third-order valence-corrected chi connectivity index (χ3v) is 8.17. The maximum Gasteiger partial charge on any atom is 0.226 e. The number of hydrogen-bond donors (Lipinski definition) is 1. The van der Waals surface area contributed by atoms with E-state index in [4.69, 9.17) is 0 Å². The number of carbonyl (C=O) groups excluding carboxylic acids is 1. The van der Waals surface area contributed by atoms with Crippen LogP contribution in [0.5, 0.6) is 0 Å². The van der Waals surface area contributed by atoms with Crippen LogP contribution in [-0.2, 0) is 21.1 Å². The van der Waals surface area contributed by atoms with E-state index in [1.54, 1.807) is 11.3 Å². The predicted molar refractivity (Wildman–Crippen MR) is 96.6 cm³/mol. The lowest BCUT2D eigenvalue weighted by Crippen LogP contribution is -2.31.